The number of amides is 1. The number of ketones is 2. The zero-order chi connectivity index (χ0) is 29.4. The molecule has 0 radical (unpaired) electrons. The van der Waals surface area contributed by atoms with Crippen LogP contribution in [0.3, 0.4) is 0 Å². The Hall–Kier alpha value is -3.28. The maximum Gasteiger partial charge on any atom is 0.255 e. The molecular formula is C29H36FN3O7. The minimum absolute atomic E-state index is 0.0169. The quantitative estimate of drug-likeness (QED) is 0.315. The SMILES string of the molecule is CCN(Cc1cc(O)c2c(c1F)C[C@H]1C[C@H]3[C@H](N(C)C)C(O)=C(C(N)=O)C(=O)[C@@]3(O)C(O)=C1C2=O)[C@H](C)C1CC1. The van der Waals surface area contributed by atoms with Crippen molar-refractivity contribution in [1.82, 2.24) is 9.80 Å². The predicted molar refractivity (Wildman–Crippen MR) is 142 cm³/mol. The number of likely N-dealkylation sites (N-methyl/N-ethyl adjacent to an activating group) is 1. The molecule has 10 nitrogen and oxygen atoms in total. The second-order valence-electron chi connectivity index (χ2n) is 11.8. The molecule has 11 heteroatoms. The number of Topliss-reactive ketones (excluding diaryl/α,β-unsaturated/α-hetero) is 2. The van der Waals surface area contributed by atoms with Crippen molar-refractivity contribution in [2.24, 2.45) is 23.5 Å². The van der Waals surface area contributed by atoms with E-state index in [1.54, 1.807) is 14.1 Å². The van der Waals surface area contributed by atoms with Crippen LogP contribution in [0.1, 0.15) is 54.6 Å². The monoisotopic (exact) mass is 557 g/mol. The number of aliphatic hydroxyl groups is 3. The fourth-order valence-electron chi connectivity index (χ4n) is 7.11. The number of aliphatic hydroxyl groups excluding tert-OH is 2. The van der Waals surface area contributed by atoms with Crippen molar-refractivity contribution in [3.63, 3.8) is 0 Å². The van der Waals surface area contributed by atoms with E-state index in [-0.39, 0.29) is 47.7 Å². The fourth-order valence-corrected chi connectivity index (χ4v) is 7.11. The van der Waals surface area contributed by atoms with Gasteiger partial charge in [0, 0.05) is 35.2 Å². The topological polar surface area (TPSA) is 165 Å². The second-order valence-corrected chi connectivity index (χ2v) is 11.8. The van der Waals surface area contributed by atoms with Gasteiger partial charge in [0.2, 0.25) is 5.78 Å². The molecule has 5 atom stereocenters. The van der Waals surface area contributed by atoms with Gasteiger partial charge in [-0.1, -0.05) is 6.92 Å². The molecule has 0 heterocycles. The Bertz CT molecular complexity index is 1380. The van der Waals surface area contributed by atoms with E-state index in [9.17, 15) is 34.8 Å². The van der Waals surface area contributed by atoms with Crippen molar-refractivity contribution in [3.05, 3.63) is 51.2 Å². The van der Waals surface area contributed by atoms with Crippen molar-refractivity contribution < 1.29 is 39.2 Å². The lowest BCUT2D eigenvalue weighted by Gasteiger charge is -2.50. The van der Waals surface area contributed by atoms with E-state index >= 15 is 4.39 Å². The highest BCUT2D eigenvalue weighted by Gasteiger charge is 2.63. The number of phenolic OH excluding ortho intramolecular Hbond substituents is 1. The maximum atomic E-state index is 16.0. The third kappa shape index (κ3) is 3.97. The molecule has 0 unspecified atom stereocenters. The van der Waals surface area contributed by atoms with E-state index in [0.717, 1.165) is 12.8 Å². The van der Waals surface area contributed by atoms with Crippen molar-refractivity contribution in [2.45, 2.75) is 63.8 Å². The molecule has 1 fully saturated rings. The molecule has 0 bridgehead atoms. The van der Waals surface area contributed by atoms with Crippen LogP contribution in [-0.2, 0) is 22.6 Å². The minimum atomic E-state index is -2.72. The summed E-state index contributed by atoms with van der Waals surface area (Å²) in [6.07, 6.45) is 2.09. The number of halogens is 1. The lowest BCUT2D eigenvalue weighted by molar-refractivity contribution is -0.148. The third-order valence-corrected chi connectivity index (χ3v) is 9.39. The molecule has 1 amide bonds. The number of nitrogens with two attached hydrogens (primary N) is 1. The van der Waals surface area contributed by atoms with Gasteiger partial charge in [-0.3, -0.25) is 24.2 Å². The molecule has 5 rings (SSSR count). The Morgan fingerprint density at radius 2 is 1.88 bits per heavy atom. The number of allylic oxidation sites excluding steroid dienone is 1. The highest BCUT2D eigenvalue weighted by molar-refractivity contribution is 6.24. The normalized spacial score (nSPS) is 29.1. The number of nitrogens with zero attached hydrogens (tertiary/aromatic N) is 2. The first-order chi connectivity index (χ1) is 18.7. The number of phenols is 1. The van der Waals surface area contributed by atoms with Crippen LogP contribution in [0, 0.1) is 23.6 Å². The molecule has 4 aliphatic rings. The predicted octanol–water partition coefficient (Wildman–Crippen LogP) is 1.88. The summed E-state index contributed by atoms with van der Waals surface area (Å²) in [5.74, 6) is -7.58. The van der Waals surface area contributed by atoms with Crippen molar-refractivity contribution in [2.75, 3.05) is 20.6 Å². The standard InChI is InChI=1S/C29H36FN3O7/c1-5-33(12(2)13-6-7-13)11-15-10-18(34)20-16(22(15)30)8-14-9-17-23(32(3)4)25(36)21(28(31)39)27(38)29(17,40)26(37)19(14)24(20)35/h10,12-14,17,23,34,36-37,40H,5-9,11H2,1-4H3,(H2,31,39)/t12-,14+,17+,23+,29+/m1/s1. The zero-order valence-corrected chi connectivity index (χ0v) is 23.1. The maximum absolute atomic E-state index is 16.0. The highest BCUT2D eigenvalue weighted by Crippen LogP contribution is 2.52. The van der Waals surface area contributed by atoms with Crippen LogP contribution in [0.2, 0.25) is 0 Å². The average molecular weight is 558 g/mol. The van der Waals surface area contributed by atoms with E-state index in [1.165, 1.54) is 11.0 Å². The van der Waals surface area contributed by atoms with Gasteiger partial charge < -0.3 is 26.2 Å². The first kappa shape index (κ1) is 28.3. The first-order valence-electron chi connectivity index (χ1n) is 13.7. The summed E-state index contributed by atoms with van der Waals surface area (Å²) in [4.78, 5) is 42.7. The van der Waals surface area contributed by atoms with E-state index in [4.69, 9.17) is 5.73 Å². The molecule has 0 saturated heterocycles. The van der Waals surface area contributed by atoms with Crippen LogP contribution in [0.5, 0.6) is 5.75 Å². The smallest absolute Gasteiger partial charge is 0.255 e. The van der Waals surface area contributed by atoms with Gasteiger partial charge in [0.15, 0.2) is 11.4 Å². The van der Waals surface area contributed by atoms with E-state index < -0.39 is 69.6 Å². The Morgan fingerprint density at radius 1 is 1.23 bits per heavy atom. The molecule has 1 aromatic rings. The summed E-state index contributed by atoms with van der Waals surface area (Å²) in [6.45, 7) is 5.02. The average Bonchev–Trinajstić information content (AvgIpc) is 3.72. The Morgan fingerprint density at radius 3 is 2.42 bits per heavy atom. The Balaban J connectivity index is 1.61. The van der Waals surface area contributed by atoms with Crippen molar-refractivity contribution in [1.29, 1.82) is 0 Å². The van der Waals surface area contributed by atoms with Gasteiger partial charge in [-0.25, -0.2) is 4.39 Å². The number of hydrogen-bond acceptors (Lipinski definition) is 9. The van der Waals surface area contributed by atoms with Crippen LogP contribution < -0.4 is 5.73 Å². The first-order valence-corrected chi connectivity index (χ1v) is 13.7. The number of hydrogen-bond donors (Lipinski definition) is 5. The van der Waals surface area contributed by atoms with E-state index in [0.29, 0.717) is 12.5 Å². The summed E-state index contributed by atoms with van der Waals surface area (Å²) in [6, 6.07) is 0.369. The third-order valence-electron chi connectivity index (χ3n) is 9.39. The number of primary amides is 1. The molecule has 0 spiro atoms. The number of fused-ring (bicyclic) bond motifs is 3. The van der Waals surface area contributed by atoms with Crippen molar-refractivity contribution >= 4 is 17.5 Å². The van der Waals surface area contributed by atoms with Crippen LogP contribution >= 0.6 is 0 Å². The van der Waals surface area contributed by atoms with Crippen LogP contribution in [0.25, 0.3) is 0 Å². The van der Waals surface area contributed by atoms with Gasteiger partial charge in [-0.2, -0.15) is 0 Å². The number of carbonyl (C=O) groups is 3. The lowest BCUT2D eigenvalue weighted by Crippen LogP contribution is -2.63. The number of aromatic hydroxyl groups is 1. The van der Waals surface area contributed by atoms with E-state index in [1.807, 2.05) is 6.92 Å². The number of rotatable bonds is 7. The Labute approximate surface area is 231 Å². The van der Waals surface area contributed by atoms with Crippen molar-refractivity contribution in [3.8, 4) is 5.75 Å². The zero-order valence-electron chi connectivity index (χ0n) is 23.1. The lowest BCUT2D eigenvalue weighted by atomic mass is 9.58. The summed E-state index contributed by atoms with van der Waals surface area (Å²) < 4.78 is 16.0. The van der Waals surface area contributed by atoms with E-state index in [2.05, 4.69) is 11.8 Å². The van der Waals surface area contributed by atoms with Crippen LogP contribution in [-0.4, -0.2) is 86.0 Å². The van der Waals surface area contributed by atoms with Crippen LogP contribution in [0.4, 0.5) is 4.39 Å². The summed E-state index contributed by atoms with van der Waals surface area (Å²) in [5, 5.41) is 44.7. The van der Waals surface area contributed by atoms with Gasteiger partial charge in [-0.15, -0.1) is 0 Å². The molecule has 1 saturated carbocycles. The largest absolute Gasteiger partial charge is 0.510 e. The second kappa shape index (κ2) is 9.67. The number of carbonyl (C=O) groups excluding carboxylic acids is 3. The fraction of sp³-hybridized carbons (Fsp3) is 0.552. The molecule has 0 aromatic heterocycles. The summed E-state index contributed by atoms with van der Waals surface area (Å²) >= 11 is 0. The molecule has 4 aliphatic carbocycles. The van der Waals surface area contributed by atoms with Gasteiger partial charge in [0.25, 0.3) is 5.91 Å². The molecule has 40 heavy (non-hydrogen) atoms. The number of benzene rings is 1. The molecule has 6 N–H and O–H groups in total. The van der Waals surface area contributed by atoms with Gasteiger partial charge in [0.1, 0.15) is 28.7 Å². The minimum Gasteiger partial charge on any atom is -0.510 e. The molecule has 1 aromatic carbocycles. The summed E-state index contributed by atoms with van der Waals surface area (Å²) in [7, 11) is 3.11. The van der Waals surface area contributed by atoms with Gasteiger partial charge in [-0.05, 0) is 71.1 Å². The molecule has 216 valence electrons. The highest BCUT2D eigenvalue weighted by atomic mass is 19.1. The summed E-state index contributed by atoms with van der Waals surface area (Å²) in [5.41, 5.74) is 1.40. The molecular weight excluding hydrogens is 521 g/mol. The van der Waals surface area contributed by atoms with Crippen LogP contribution in [0.15, 0.2) is 28.7 Å². The Kier molecular flexibility index (Phi) is 6.83. The van der Waals surface area contributed by atoms with Gasteiger partial charge in [0.05, 0.1) is 11.6 Å². The van der Waals surface area contributed by atoms with Gasteiger partial charge >= 0.3 is 0 Å². The molecule has 0 aliphatic heterocycles.